The van der Waals surface area contributed by atoms with Crippen molar-refractivity contribution in [3.8, 4) is 0 Å². The van der Waals surface area contributed by atoms with Crippen molar-refractivity contribution in [1.82, 2.24) is 5.32 Å². The van der Waals surface area contributed by atoms with E-state index in [1.54, 1.807) is 0 Å². The quantitative estimate of drug-likeness (QED) is 0.766. The van der Waals surface area contributed by atoms with E-state index in [-0.39, 0.29) is 10.7 Å². The van der Waals surface area contributed by atoms with Gasteiger partial charge in [-0.05, 0) is 31.9 Å². The molecule has 3 N–H and O–H groups in total. The second-order valence-electron chi connectivity index (χ2n) is 5.93. The number of nitrogens with one attached hydrogen (secondary N) is 1. The van der Waals surface area contributed by atoms with Crippen LogP contribution in [0, 0.1) is 5.41 Å². The highest BCUT2D eigenvalue weighted by molar-refractivity contribution is 8.00. The molecule has 1 amide bonds. The maximum absolute atomic E-state index is 12.4. The number of hydrogen-bond acceptors (Lipinski definition) is 3. The molecular weight excluding hydrogens is 276 g/mol. The largest absolute Gasteiger partial charge is 0.392 e. The summed E-state index contributed by atoms with van der Waals surface area (Å²) in [5.74, 6) is 0.0604. The minimum absolute atomic E-state index is 0.0604. The predicted molar refractivity (Wildman–Crippen MR) is 85.4 cm³/mol. The van der Waals surface area contributed by atoms with Gasteiger partial charge in [0.2, 0.25) is 5.91 Å². The van der Waals surface area contributed by atoms with Gasteiger partial charge >= 0.3 is 0 Å². The molecule has 0 aromatic rings. The first-order valence-corrected chi connectivity index (χ1v) is 8.81. The molecule has 0 radical (unpaired) electrons. The van der Waals surface area contributed by atoms with Crippen LogP contribution in [0.2, 0.25) is 0 Å². The van der Waals surface area contributed by atoms with Crippen molar-refractivity contribution in [2.45, 2.75) is 56.1 Å². The lowest BCUT2D eigenvalue weighted by molar-refractivity contribution is -0.130. The molecule has 3 nitrogen and oxygen atoms in total. The van der Waals surface area contributed by atoms with Gasteiger partial charge in [0.25, 0.3) is 0 Å². The summed E-state index contributed by atoms with van der Waals surface area (Å²) in [6.45, 7) is 0.761. The van der Waals surface area contributed by atoms with Crippen LogP contribution in [0.5, 0.6) is 0 Å². The van der Waals surface area contributed by atoms with E-state index in [4.69, 9.17) is 18.0 Å². The second-order valence-corrected chi connectivity index (χ2v) is 7.64. The Balaban J connectivity index is 1.93. The first kappa shape index (κ1) is 15.1. The van der Waals surface area contributed by atoms with Crippen LogP contribution in [-0.2, 0) is 4.79 Å². The van der Waals surface area contributed by atoms with Gasteiger partial charge in [0, 0.05) is 11.3 Å². The van der Waals surface area contributed by atoms with Crippen molar-refractivity contribution in [1.29, 1.82) is 0 Å². The highest BCUT2D eigenvalue weighted by Crippen LogP contribution is 2.42. The van der Waals surface area contributed by atoms with Gasteiger partial charge in [-0.25, -0.2) is 0 Å². The number of carbonyl (C=O) groups excluding carboxylic acids is 1. The summed E-state index contributed by atoms with van der Waals surface area (Å²) in [6.07, 6.45) is 11.1. The van der Waals surface area contributed by atoms with E-state index in [2.05, 4.69) is 11.6 Å². The summed E-state index contributed by atoms with van der Waals surface area (Å²) in [7, 11) is 0. The Bertz CT molecular complexity index is 360. The molecule has 0 atom stereocenters. The molecule has 2 rings (SSSR count). The fourth-order valence-corrected chi connectivity index (χ4v) is 4.39. The molecule has 0 spiro atoms. The van der Waals surface area contributed by atoms with Gasteiger partial charge in [-0.15, -0.1) is 0 Å². The van der Waals surface area contributed by atoms with Crippen LogP contribution in [0.4, 0.5) is 0 Å². The molecule has 0 aliphatic heterocycles. The van der Waals surface area contributed by atoms with Gasteiger partial charge in [0.15, 0.2) is 0 Å². The Morgan fingerprint density at radius 2 is 1.84 bits per heavy atom. The first-order chi connectivity index (χ1) is 9.05. The lowest BCUT2D eigenvalue weighted by atomic mass is 9.68. The third-order valence-corrected chi connectivity index (χ3v) is 6.69. The summed E-state index contributed by atoms with van der Waals surface area (Å²) in [5.41, 5.74) is 5.24. The maximum Gasteiger partial charge on any atom is 0.233 e. The fourth-order valence-electron chi connectivity index (χ4n) is 3.18. The molecule has 0 bridgehead atoms. The molecule has 0 saturated heterocycles. The summed E-state index contributed by atoms with van der Waals surface area (Å²) in [5, 5.41) is 3.14. The van der Waals surface area contributed by atoms with Crippen LogP contribution in [0.3, 0.4) is 0 Å². The third-order valence-electron chi connectivity index (χ3n) is 4.88. The molecule has 0 aromatic carbocycles. The summed E-state index contributed by atoms with van der Waals surface area (Å²) >= 11 is 7.00. The number of thiocarbonyl (C=S) groups is 1. The maximum atomic E-state index is 12.4. The van der Waals surface area contributed by atoms with Crippen LogP contribution in [0.25, 0.3) is 0 Å². The minimum Gasteiger partial charge on any atom is -0.392 e. The summed E-state index contributed by atoms with van der Waals surface area (Å²) < 4.78 is 0.231. The van der Waals surface area contributed by atoms with E-state index in [1.165, 1.54) is 32.1 Å². The number of carbonyl (C=O) groups is 1. The average molecular weight is 300 g/mol. The predicted octanol–water partition coefficient (Wildman–Crippen LogP) is 2.62. The number of nitrogens with two attached hydrogens (primary N) is 1. The van der Waals surface area contributed by atoms with Gasteiger partial charge in [-0.2, -0.15) is 11.8 Å². The molecule has 2 fully saturated rings. The van der Waals surface area contributed by atoms with E-state index >= 15 is 0 Å². The molecule has 108 valence electrons. The van der Waals surface area contributed by atoms with E-state index in [0.717, 1.165) is 25.8 Å². The number of rotatable bonds is 5. The van der Waals surface area contributed by atoms with E-state index < -0.39 is 5.41 Å². The Kier molecular flexibility index (Phi) is 4.77. The van der Waals surface area contributed by atoms with Crippen LogP contribution in [-0.4, -0.2) is 28.4 Å². The highest BCUT2D eigenvalue weighted by atomic mass is 32.2. The van der Waals surface area contributed by atoms with Crippen molar-refractivity contribution in [2.75, 3.05) is 12.8 Å². The third kappa shape index (κ3) is 2.92. The number of hydrogen-bond donors (Lipinski definition) is 2. The molecule has 19 heavy (non-hydrogen) atoms. The Hall–Kier alpha value is -0.290. The normalized spacial score (nSPS) is 24.3. The van der Waals surface area contributed by atoms with Crippen LogP contribution >= 0.6 is 24.0 Å². The van der Waals surface area contributed by atoms with Gasteiger partial charge in [-0.1, -0.05) is 37.9 Å². The number of thioether (sulfide) groups is 1. The van der Waals surface area contributed by atoms with Crippen molar-refractivity contribution in [3.05, 3.63) is 0 Å². The second kappa shape index (κ2) is 6.00. The molecule has 0 heterocycles. The molecule has 2 saturated carbocycles. The van der Waals surface area contributed by atoms with Gasteiger partial charge in [0.1, 0.15) is 0 Å². The van der Waals surface area contributed by atoms with Gasteiger partial charge in [-0.3, -0.25) is 4.79 Å². The SMILES string of the molecule is CSC1(CNC(=O)C2(C(N)=S)CCC2)CCCCC1. The highest BCUT2D eigenvalue weighted by Gasteiger charge is 2.47. The topological polar surface area (TPSA) is 55.1 Å². The standard InChI is InChI=1S/C14H24N2OS2/c1-19-13(6-3-2-4-7-13)10-16-12(17)14(11(15)18)8-5-9-14/h2-10H2,1H3,(H2,15,18)(H,16,17). The van der Waals surface area contributed by atoms with Crippen LogP contribution in [0.1, 0.15) is 51.4 Å². The van der Waals surface area contributed by atoms with Crippen molar-refractivity contribution in [2.24, 2.45) is 11.1 Å². The van der Waals surface area contributed by atoms with Crippen LogP contribution in [0.15, 0.2) is 0 Å². The average Bonchev–Trinajstić information content (AvgIpc) is 2.36. The van der Waals surface area contributed by atoms with Gasteiger partial charge < -0.3 is 11.1 Å². The van der Waals surface area contributed by atoms with Crippen molar-refractivity contribution >= 4 is 34.9 Å². The molecule has 2 aliphatic rings. The van der Waals surface area contributed by atoms with E-state index in [1.807, 2.05) is 11.8 Å². The monoisotopic (exact) mass is 300 g/mol. The van der Waals surface area contributed by atoms with Crippen molar-refractivity contribution in [3.63, 3.8) is 0 Å². The Morgan fingerprint density at radius 3 is 2.26 bits per heavy atom. The van der Waals surface area contributed by atoms with Crippen LogP contribution < -0.4 is 11.1 Å². The molecular formula is C14H24N2OS2. The molecule has 0 aromatic heterocycles. The molecule has 0 unspecified atom stereocenters. The van der Waals surface area contributed by atoms with E-state index in [9.17, 15) is 4.79 Å². The smallest absolute Gasteiger partial charge is 0.233 e. The zero-order valence-corrected chi connectivity index (χ0v) is 13.3. The van der Waals surface area contributed by atoms with Gasteiger partial charge in [0.05, 0.1) is 10.4 Å². The molecule has 5 heteroatoms. The molecule has 2 aliphatic carbocycles. The Labute approximate surface area is 125 Å². The minimum atomic E-state index is -0.538. The summed E-state index contributed by atoms with van der Waals surface area (Å²) in [6, 6.07) is 0. The van der Waals surface area contributed by atoms with Crippen molar-refractivity contribution < 1.29 is 4.79 Å². The zero-order chi connectivity index (χ0) is 13.9. The lowest BCUT2D eigenvalue weighted by Gasteiger charge is -2.41. The summed E-state index contributed by atoms with van der Waals surface area (Å²) in [4.78, 5) is 12.8. The fraction of sp³-hybridized carbons (Fsp3) is 0.857. The Morgan fingerprint density at radius 1 is 1.21 bits per heavy atom. The van der Waals surface area contributed by atoms with E-state index in [0.29, 0.717) is 4.99 Å². The zero-order valence-electron chi connectivity index (χ0n) is 11.7. The lowest BCUT2D eigenvalue weighted by Crippen LogP contribution is -2.55. The first-order valence-electron chi connectivity index (χ1n) is 7.18. The number of amides is 1.